The average molecular weight is 873 g/mol. The maximum Gasteiger partial charge on any atom is 0.306 e. The fourth-order valence-electron chi connectivity index (χ4n) is 8.02. The van der Waals surface area contributed by atoms with Crippen molar-refractivity contribution in [3.05, 3.63) is 24.3 Å². The molecule has 0 saturated carbocycles. The molecule has 0 N–H and O–H groups in total. The van der Waals surface area contributed by atoms with Crippen LogP contribution in [0.15, 0.2) is 24.3 Å². The van der Waals surface area contributed by atoms with E-state index in [2.05, 4.69) is 45.1 Å². The van der Waals surface area contributed by atoms with Gasteiger partial charge in [0.1, 0.15) is 13.2 Å². The fourth-order valence-corrected chi connectivity index (χ4v) is 8.02. The predicted octanol–water partition coefficient (Wildman–Crippen LogP) is 17.9. The van der Waals surface area contributed by atoms with E-state index in [-0.39, 0.29) is 31.1 Å². The van der Waals surface area contributed by atoms with Crippen molar-refractivity contribution >= 4 is 17.9 Å². The molecule has 0 aromatic rings. The first-order valence-corrected chi connectivity index (χ1v) is 27.3. The highest BCUT2D eigenvalue weighted by Crippen LogP contribution is 2.16. The third kappa shape index (κ3) is 48.9. The molecule has 0 fully saturated rings. The Labute approximate surface area is 385 Å². The van der Waals surface area contributed by atoms with Gasteiger partial charge in [-0.05, 0) is 70.6 Å². The van der Waals surface area contributed by atoms with Crippen molar-refractivity contribution < 1.29 is 28.6 Å². The number of allylic oxidation sites excluding steroid dienone is 4. The molecule has 0 spiro atoms. The summed E-state index contributed by atoms with van der Waals surface area (Å²) in [6.45, 7) is 6.64. The minimum Gasteiger partial charge on any atom is -0.462 e. The van der Waals surface area contributed by atoms with Crippen molar-refractivity contribution in [2.24, 2.45) is 0 Å². The normalized spacial score (nSPS) is 12.1. The largest absolute Gasteiger partial charge is 0.462 e. The van der Waals surface area contributed by atoms with E-state index in [1.54, 1.807) is 0 Å². The van der Waals surface area contributed by atoms with Gasteiger partial charge in [0.05, 0.1) is 0 Å². The Balaban J connectivity index is 4.32. The van der Waals surface area contributed by atoms with Gasteiger partial charge in [-0.3, -0.25) is 14.4 Å². The smallest absolute Gasteiger partial charge is 0.306 e. The highest BCUT2D eigenvalue weighted by Gasteiger charge is 2.19. The molecular formula is C56H104O6. The SMILES string of the molecule is CCCCCC/C=C\CCCCCCCC(=O)OC[C@H](COC(=O)CCCCCCCCCCCCCC)OC(=O)CCCCCCCCCCC/C=C\CCCCCCCC. The second kappa shape index (κ2) is 51.5. The molecule has 0 bridgehead atoms. The number of carbonyl (C=O) groups is 3. The van der Waals surface area contributed by atoms with E-state index in [4.69, 9.17) is 14.2 Å². The number of rotatable bonds is 50. The van der Waals surface area contributed by atoms with Gasteiger partial charge in [-0.25, -0.2) is 0 Å². The van der Waals surface area contributed by atoms with Gasteiger partial charge in [0.2, 0.25) is 0 Å². The lowest BCUT2D eigenvalue weighted by Crippen LogP contribution is -2.30. The van der Waals surface area contributed by atoms with Gasteiger partial charge < -0.3 is 14.2 Å². The monoisotopic (exact) mass is 873 g/mol. The number of carbonyl (C=O) groups excluding carboxylic acids is 3. The third-order valence-electron chi connectivity index (χ3n) is 12.2. The quantitative estimate of drug-likeness (QED) is 0.0262. The summed E-state index contributed by atoms with van der Waals surface area (Å²) in [6.07, 6.45) is 58.7. The lowest BCUT2D eigenvalue weighted by Gasteiger charge is -2.18. The lowest BCUT2D eigenvalue weighted by molar-refractivity contribution is -0.167. The van der Waals surface area contributed by atoms with Crippen molar-refractivity contribution in [1.29, 1.82) is 0 Å². The highest BCUT2D eigenvalue weighted by atomic mass is 16.6. The van der Waals surface area contributed by atoms with Crippen LogP contribution < -0.4 is 0 Å². The van der Waals surface area contributed by atoms with E-state index in [1.165, 1.54) is 193 Å². The number of ether oxygens (including phenoxy) is 3. The van der Waals surface area contributed by atoms with Crippen LogP contribution >= 0.6 is 0 Å². The van der Waals surface area contributed by atoms with E-state index in [0.717, 1.165) is 64.2 Å². The molecule has 0 unspecified atom stereocenters. The van der Waals surface area contributed by atoms with Crippen LogP contribution in [-0.2, 0) is 28.6 Å². The second-order valence-electron chi connectivity index (χ2n) is 18.5. The first kappa shape index (κ1) is 59.9. The Morgan fingerprint density at radius 3 is 0.823 bits per heavy atom. The highest BCUT2D eigenvalue weighted by molar-refractivity contribution is 5.71. The zero-order valence-electron chi connectivity index (χ0n) is 41.7. The Morgan fingerprint density at radius 2 is 0.532 bits per heavy atom. The topological polar surface area (TPSA) is 78.9 Å². The van der Waals surface area contributed by atoms with Crippen LogP contribution in [-0.4, -0.2) is 37.2 Å². The number of hydrogen-bond donors (Lipinski definition) is 0. The molecule has 0 amide bonds. The van der Waals surface area contributed by atoms with Gasteiger partial charge in [-0.15, -0.1) is 0 Å². The second-order valence-corrected chi connectivity index (χ2v) is 18.5. The Bertz CT molecular complexity index is 1000. The van der Waals surface area contributed by atoms with Crippen LogP contribution in [0.1, 0.15) is 297 Å². The van der Waals surface area contributed by atoms with Crippen molar-refractivity contribution in [1.82, 2.24) is 0 Å². The molecule has 0 rings (SSSR count). The fraction of sp³-hybridized carbons (Fsp3) is 0.875. The van der Waals surface area contributed by atoms with Gasteiger partial charge >= 0.3 is 17.9 Å². The van der Waals surface area contributed by atoms with Gasteiger partial charge in [0.15, 0.2) is 6.10 Å². The number of unbranched alkanes of at least 4 members (excludes halogenated alkanes) is 35. The zero-order valence-corrected chi connectivity index (χ0v) is 41.7. The molecule has 0 saturated heterocycles. The van der Waals surface area contributed by atoms with Crippen molar-refractivity contribution in [2.75, 3.05) is 13.2 Å². The van der Waals surface area contributed by atoms with Crippen molar-refractivity contribution in [3.8, 4) is 0 Å². The first-order valence-electron chi connectivity index (χ1n) is 27.3. The van der Waals surface area contributed by atoms with E-state index in [1.807, 2.05) is 0 Å². The Morgan fingerprint density at radius 1 is 0.306 bits per heavy atom. The van der Waals surface area contributed by atoms with E-state index < -0.39 is 6.10 Å². The molecule has 0 heterocycles. The average Bonchev–Trinajstić information content (AvgIpc) is 3.27. The molecule has 6 heteroatoms. The van der Waals surface area contributed by atoms with Crippen LogP contribution in [0.3, 0.4) is 0 Å². The first-order chi connectivity index (χ1) is 30.5. The summed E-state index contributed by atoms with van der Waals surface area (Å²) < 4.78 is 16.8. The molecule has 0 aliphatic rings. The standard InChI is InChI=1S/C56H104O6/c1-4-7-10-13-16-19-22-25-26-27-28-29-30-32-35-38-41-44-47-50-56(59)62-53(51-60-54(57)48-45-42-39-36-33-24-21-18-15-12-9-6-3)52-61-55(58)49-46-43-40-37-34-31-23-20-17-14-11-8-5-2/h20,23,25-26,53H,4-19,21-22,24,27-52H2,1-3H3/b23-20-,26-25-/t53-/m0/s1. The molecule has 364 valence electrons. The molecule has 0 aromatic heterocycles. The summed E-state index contributed by atoms with van der Waals surface area (Å²) in [5.74, 6) is -0.867. The van der Waals surface area contributed by atoms with Crippen LogP contribution in [0, 0.1) is 0 Å². The molecule has 1 atom stereocenters. The zero-order chi connectivity index (χ0) is 45.1. The minimum absolute atomic E-state index is 0.0707. The number of hydrogen-bond acceptors (Lipinski definition) is 6. The minimum atomic E-state index is -0.770. The lowest BCUT2D eigenvalue weighted by atomic mass is 10.0. The maximum atomic E-state index is 12.8. The van der Waals surface area contributed by atoms with E-state index in [0.29, 0.717) is 19.3 Å². The molecule has 6 nitrogen and oxygen atoms in total. The molecule has 0 aliphatic carbocycles. The Hall–Kier alpha value is -2.11. The summed E-state index contributed by atoms with van der Waals surface area (Å²) in [5, 5.41) is 0. The van der Waals surface area contributed by atoms with Crippen LogP contribution in [0.25, 0.3) is 0 Å². The Kier molecular flexibility index (Phi) is 49.8. The van der Waals surface area contributed by atoms with Crippen molar-refractivity contribution in [2.45, 2.75) is 303 Å². The third-order valence-corrected chi connectivity index (χ3v) is 12.2. The summed E-state index contributed by atoms with van der Waals surface area (Å²) in [6, 6.07) is 0. The van der Waals surface area contributed by atoms with Gasteiger partial charge in [0.25, 0.3) is 0 Å². The van der Waals surface area contributed by atoms with Gasteiger partial charge in [0, 0.05) is 19.3 Å². The molecule has 0 radical (unpaired) electrons. The van der Waals surface area contributed by atoms with Gasteiger partial charge in [-0.2, -0.15) is 0 Å². The molecule has 0 aliphatic heterocycles. The van der Waals surface area contributed by atoms with Crippen LogP contribution in [0.4, 0.5) is 0 Å². The predicted molar refractivity (Wildman–Crippen MR) is 266 cm³/mol. The van der Waals surface area contributed by atoms with Crippen LogP contribution in [0.5, 0.6) is 0 Å². The van der Waals surface area contributed by atoms with E-state index >= 15 is 0 Å². The number of esters is 3. The maximum absolute atomic E-state index is 12.8. The molecular weight excluding hydrogens is 769 g/mol. The van der Waals surface area contributed by atoms with Crippen LogP contribution in [0.2, 0.25) is 0 Å². The molecule has 62 heavy (non-hydrogen) atoms. The summed E-state index contributed by atoms with van der Waals surface area (Å²) >= 11 is 0. The molecule has 0 aromatic carbocycles. The van der Waals surface area contributed by atoms with Crippen molar-refractivity contribution in [3.63, 3.8) is 0 Å². The summed E-state index contributed by atoms with van der Waals surface area (Å²) in [4.78, 5) is 38.0. The summed E-state index contributed by atoms with van der Waals surface area (Å²) in [5.41, 5.74) is 0. The van der Waals surface area contributed by atoms with Gasteiger partial charge in [-0.1, -0.05) is 231 Å². The van der Waals surface area contributed by atoms with E-state index in [9.17, 15) is 14.4 Å². The summed E-state index contributed by atoms with van der Waals surface area (Å²) in [7, 11) is 0.